The predicted octanol–water partition coefficient (Wildman–Crippen LogP) is 4.70. The number of piperidine rings is 2. The fourth-order valence-corrected chi connectivity index (χ4v) is 8.06. The molecule has 5 heterocycles. The Morgan fingerprint density at radius 1 is 0.930 bits per heavy atom. The highest BCUT2D eigenvalue weighted by Gasteiger charge is 2.51. The molecule has 0 amide bonds. The minimum atomic E-state index is -3.96. The molecule has 4 aromatic rings. The van der Waals surface area contributed by atoms with E-state index in [-0.39, 0.29) is 41.7 Å². The average Bonchev–Trinajstić information content (AvgIpc) is 3.46. The largest absolute Gasteiger partial charge is 0.370 e. The van der Waals surface area contributed by atoms with Gasteiger partial charge in [-0.05, 0) is 86.2 Å². The third kappa shape index (κ3) is 4.86. The number of pyridine rings is 2. The van der Waals surface area contributed by atoms with Crippen molar-refractivity contribution in [3.8, 4) is 5.69 Å². The fourth-order valence-electron chi connectivity index (χ4n) is 6.57. The molecule has 2 aliphatic heterocycles. The second kappa shape index (κ2) is 10.8. The summed E-state index contributed by atoms with van der Waals surface area (Å²) in [5, 5.41) is 4.57. The molecule has 1 atom stereocenters. The number of Topliss-reactive ketones (excluding diaryl/α,β-unsaturated/α-hetero) is 1. The Labute approximate surface area is 249 Å². The summed E-state index contributed by atoms with van der Waals surface area (Å²) in [7, 11) is -3.96. The Kier molecular flexibility index (Phi) is 6.94. The molecule has 1 aliphatic carbocycles. The highest BCUT2D eigenvalue weighted by atomic mass is 32.2. The number of benzene rings is 1. The lowest BCUT2D eigenvalue weighted by atomic mass is 9.65. The van der Waals surface area contributed by atoms with Crippen LogP contribution in [0.25, 0.3) is 11.8 Å². The van der Waals surface area contributed by atoms with Crippen LogP contribution in [-0.4, -0.2) is 64.4 Å². The van der Waals surface area contributed by atoms with Gasteiger partial charge in [0.05, 0.1) is 34.9 Å². The number of carbonyl (C=O) groups is 1. The second-order valence-corrected chi connectivity index (χ2v) is 13.4. The van der Waals surface area contributed by atoms with E-state index < -0.39 is 15.4 Å². The monoisotopic (exact) mass is 598 g/mol. The van der Waals surface area contributed by atoms with Gasteiger partial charge in [0.2, 0.25) is 10.0 Å². The van der Waals surface area contributed by atoms with E-state index in [2.05, 4.69) is 20.0 Å². The van der Waals surface area contributed by atoms with Crippen molar-refractivity contribution in [3.05, 3.63) is 102 Å². The number of aromatic nitrogens is 4. The van der Waals surface area contributed by atoms with Crippen molar-refractivity contribution in [2.24, 2.45) is 5.41 Å². The zero-order chi connectivity index (χ0) is 29.6. The molecular formula is C32H31FN6O3S. The smallest absolute Gasteiger partial charge is 0.244 e. The van der Waals surface area contributed by atoms with E-state index in [1.807, 2.05) is 6.08 Å². The van der Waals surface area contributed by atoms with Crippen LogP contribution in [0.1, 0.15) is 47.4 Å². The molecule has 3 aliphatic rings. The molecule has 7 rings (SSSR count). The number of anilines is 1. The van der Waals surface area contributed by atoms with Crippen LogP contribution in [0.5, 0.6) is 0 Å². The number of fused-ring (bicyclic) bond motifs is 2. The van der Waals surface area contributed by atoms with E-state index in [4.69, 9.17) is 0 Å². The predicted molar refractivity (Wildman–Crippen MR) is 160 cm³/mol. The van der Waals surface area contributed by atoms with Crippen LogP contribution >= 0.6 is 0 Å². The van der Waals surface area contributed by atoms with Gasteiger partial charge in [-0.1, -0.05) is 11.6 Å². The molecule has 0 saturated carbocycles. The quantitative estimate of drug-likeness (QED) is 0.297. The SMILES string of the molecule is O=C(c1ccccn1)[C@]12Cc3cnn(-c4ccc(F)cc4)c3C=C1CCN(S(=O)(=O)c1cncc(N3CCCCC3)c1)C2. The van der Waals surface area contributed by atoms with Gasteiger partial charge in [-0.3, -0.25) is 14.8 Å². The molecule has 220 valence electrons. The first-order valence-electron chi connectivity index (χ1n) is 14.6. The van der Waals surface area contributed by atoms with Crippen LogP contribution in [0.3, 0.4) is 0 Å². The third-order valence-electron chi connectivity index (χ3n) is 8.84. The standard InChI is InChI=1S/C32H31FN6O3S/c33-25-7-9-26(10-8-25)39-30-16-24-11-15-38(43(41,42)28-17-27(20-34-21-28)37-13-4-1-5-14-37)22-32(24,18-23(30)19-36-39)31(40)29-6-2-3-12-35-29/h2-3,6-10,12,16-17,19-21H,1,4-5,11,13-15,18,22H2/t32-/m0/s1. The minimum absolute atomic E-state index is 0.0221. The van der Waals surface area contributed by atoms with Gasteiger partial charge in [-0.15, -0.1) is 0 Å². The van der Waals surface area contributed by atoms with Crippen LogP contribution in [-0.2, 0) is 16.4 Å². The van der Waals surface area contributed by atoms with Gasteiger partial charge in [0.25, 0.3) is 0 Å². The number of carbonyl (C=O) groups excluding carboxylic acids is 1. The maximum atomic E-state index is 14.3. The van der Waals surface area contributed by atoms with Crippen molar-refractivity contribution >= 4 is 27.6 Å². The summed E-state index contributed by atoms with van der Waals surface area (Å²) in [6.45, 7) is 1.95. The summed E-state index contributed by atoms with van der Waals surface area (Å²) in [5.74, 6) is -0.562. The minimum Gasteiger partial charge on any atom is -0.370 e. The number of ketones is 1. The van der Waals surface area contributed by atoms with Gasteiger partial charge < -0.3 is 4.90 Å². The van der Waals surface area contributed by atoms with Crippen molar-refractivity contribution in [1.82, 2.24) is 24.1 Å². The lowest BCUT2D eigenvalue weighted by Gasteiger charge is -2.44. The van der Waals surface area contributed by atoms with Crippen LogP contribution in [0.15, 0.2) is 83.8 Å². The molecule has 11 heteroatoms. The molecule has 2 saturated heterocycles. The number of nitrogens with zero attached hydrogens (tertiary/aromatic N) is 6. The summed E-state index contributed by atoms with van der Waals surface area (Å²) in [6.07, 6.45) is 12.3. The van der Waals surface area contributed by atoms with Gasteiger partial charge in [0.15, 0.2) is 5.78 Å². The lowest BCUT2D eigenvalue weighted by Crippen LogP contribution is -2.53. The maximum absolute atomic E-state index is 14.3. The number of hydrogen-bond acceptors (Lipinski definition) is 7. The second-order valence-electron chi connectivity index (χ2n) is 11.4. The van der Waals surface area contributed by atoms with Gasteiger partial charge in [-0.2, -0.15) is 9.40 Å². The summed E-state index contributed by atoms with van der Waals surface area (Å²) in [6, 6.07) is 13.0. The van der Waals surface area contributed by atoms with Crippen molar-refractivity contribution in [3.63, 3.8) is 0 Å². The molecule has 3 aromatic heterocycles. The Morgan fingerprint density at radius 3 is 2.51 bits per heavy atom. The molecule has 0 bridgehead atoms. The van der Waals surface area contributed by atoms with Crippen LogP contribution in [0, 0.1) is 11.2 Å². The van der Waals surface area contributed by atoms with Crippen molar-refractivity contribution in [1.29, 1.82) is 0 Å². The summed E-state index contributed by atoms with van der Waals surface area (Å²) >= 11 is 0. The first-order chi connectivity index (χ1) is 20.8. The molecule has 0 N–H and O–H groups in total. The third-order valence-corrected chi connectivity index (χ3v) is 10.7. The van der Waals surface area contributed by atoms with Crippen molar-refractivity contribution in [2.45, 2.75) is 37.0 Å². The van der Waals surface area contributed by atoms with Crippen LogP contribution < -0.4 is 4.90 Å². The maximum Gasteiger partial charge on any atom is 0.244 e. The number of halogens is 1. The molecule has 0 spiro atoms. The van der Waals surface area contributed by atoms with Gasteiger partial charge >= 0.3 is 0 Å². The summed E-state index contributed by atoms with van der Waals surface area (Å²) in [4.78, 5) is 25.3. The zero-order valence-electron chi connectivity index (χ0n) is 23.6. The van der Waals surface area contributed by atoms with Crippen LogP contribution in [0.2, 0.25) is 0 Å². The van der Waals surface area contributed by atoms with E-state index in [9.17, 15) is 17.6 Å². The Bertz CT molecular complexity index is 1820. The molecule has 2 fully saturated rings. The zero-order valence-corrected chi connectivity index (χ0v) is 24.4. The Morgan fingerprint density at radius 2 is 1.74 bits per heavy atom. The normalized spacial score (nSPS) is 20.7. The average molecular weight is 599 g/mol. The van der Waals surface area contributed by atoms with E-state index in [0.717, 1.165) is 48.4 Å². The topological polar surface area (TPSA) is 101 Å². The molecule has 1 aromatic carbocycles. The van der Waals surface area contributed by atoms with Gasteiger partial charge in [0, 0.05) is 38.6 Å². The fraction of sp³-hybridized carbons (Fsp3) is 0.312. The number of rotatable bonds is 6. The highest BCUT2D eigenvalue weighted by molar-refractivity contribution is 7.89. The number of hydrogen-bond donors (Lipinski definition) is 0. The van der Waals surface area contributed by atoms with Gasteiger partial charge in [-0.25, -0.2) is 17.5 Å². The molecule has 43 heavy (non-hydrogen) atoms. The van der Waals surface area contributed by atoms with Gasteiger partial charge in [0.1, 0.15) is 16.4 Å². The first-order valence-corrected chi connectivity index (χ1v) is 16.0. The van der Waals surface area contributed by atoms with E-state index >= 15 is 0 Å². The van der Waals surface area contributed by atoms with Crippen molar-refractivity contribution < 1.29 is 17.6 Å². The van der Waals surface area contributed by atoms with E-state index in [1.54, 1.807) is 59.7 Å². The molecular weight excluding hydrogens is 567 g/mol. The Hall–Kier alpha value is -4.22. The van der Waals surface area contributed by atoms with E-state index in [1.165, 1.54) is 29.1 Å². The Balaban J connectivity index is 1.27. The molecule has 0 radical (unpaired) electrons. The number of sulfonamides is 1. The molecule has 0 unspecified atom stereocenters. The van der Waals surface area contributed by atoms with E-state index in [0.29, 0.717) is 12.1 Å². The summed E-state index contributed by atoms with van der Waals surface area (Å²) < 4.78 is 45.0. The first kappa shape index (κ1) is 27.6. The summed E-state index contributed by atoms with van der Waals surface area (Å²) in [5.41, 5.74) is 3.09. The highest BCUT2D eigenvalue weighted by Crippen LogP contribution is 2.47. The van der Waals surface area contributed by atoms with Crippen molar-refractivity contribution in [2.75, 3.05) is 31.1 Å². The van der Waals surface area contributed by atoms with Crippen LogP contribution in [0.4, 0.5) is 10.1 Å². The lowest BCUT2D eigenvalue weighted by molar-refractivity contribution is 0.0770. The molecule has 9 nitrogen and oxygen atoms in total.